The molecule has 2 atom stereocenters. The predicted molar refractivity (Wildman–Crippen MR) is 172 cm³/mol. The van der Waals surface area contributed by atoms with E-state index in [0.717, 1.165) is 51.1 Å². The normalized spacial score (nSPS) is 16.2. The van der Waals surface area contributed by atoms with Crippen LogP contribution in [0.25, 0.3) is 5.69 Å². The molecule has 8 heteroatoms. The Morgan fingerprint density at radius 1 is 0.907 bits per heavy atom. The molecule has 0 saturated carbocycles. The van der Waals surface area contributed by atoms with E-state index in [1.165, 1.54) is 7.11 Å². The van der Waals surface area contributed by atoms with E-state index in [9.17, 15) is 4.79 Å². The molecule has 0 radical (unpaired) electrons. The number of benzene rings is 3. The first-order chi connectivity index (χ1) is 20.9. The summed E-state index contributed by atoms with van der Waals surface area (Å²) in [7, 11) is 1.40. The van der Waals surface area contributed by atoms with Crippen LogP contribution in [-0.2, 0) is 4.74 Å². The number of aromatic nitrogens is 2. The minimum Gasteiger partial charge on any atom is -0.465 e. The first-order valence-electron chi connectivity index (χ1n) is 14.1. The van der Waals surface area contributed by atoms with Crippen LogP contribution in [0.2, 0.25) is 0 Å². The van der Waals surface area contributed by atoms with Crippen molar-refractivity contribution < 1.29 is 14.3 Å². The lowest BCUT2D eigenvalue weighted by atomic mass is 9.96. The van der Waals surface area contributed by atoms with E-state index in [1.54, 1.807) is 12.3 Å². The SMILES string of the molecule is COC(=O)c1ccccc1-n1c(C)cc([C@H]2[C@@H](c3ccccn3)NC(=S)N2c2ccc(Oc3ccccc3C)cc2)c1C. The second-order valence-corrected chi connectivity index (χ2v) is 10.9. The van der Waals surface area contributed by atoms with E-state index in [1.807, 2.05) is 98.8 Å². The number of hydrogen-bond acceptors (Lipinski definition) is 5. The van der Waals surface area contributed by atoms with Crippen molar-refractivity contribution in [3.63, 3.8) is 0 Å². The van der Waals surface area contributed by atoms with Gasteiger partial charge in [-0.3, -0.25) is 4.98 Å². The Hall–Kier alpha value is -4.95. The third-order valence-electron chi connectivity index (χ3n) is 7.87. The summed E-state index contributed by atoms with van der Waals surface area (Å²) in [5.74, 6) is 1.18. The number of para-hydroxylation sites is 2. The number of pyridine rings is 1. The Labute approximate surface area is 256 Å². The van der Waals surface area contributed by atoms with Crippen LogP contribution in [0.4, 0.5) is 5.69 Å². The van der Waals surface area contributed by atoms with Gasteiger partial charge in [-0.05, 0) is 105 Å². The molecule has 0 aliphatic carbocycles. The molecule has 1 aliphatic heterocycles. The van der Waals surface area contributed by atoms with Crippen LogP contribution in [0.5, 0.6) is 11.5 Å². The number of nitrogens with zero attached hydrogens (tertiary/aromatic N) is 3. The van der Waals surface area contributed by atoms with Gasteiger partial charge in [0, 0.05) is 23.3 Å². The molecule has 1 saturated heterocycles. The van der Waals surface area contributed by atoms with Gasteiger partial charge in [0.25, 0.3) is 0 Å². The summed E-state index contributed by atoms with van der Waals surface area (Å²) in [6.07, 6.45) is 1.80. The molecule has 3 aromatic carbocycles. The first-order valence-corrected chi connectivity index (χ1v) is 14.5. The molecule has 0 unspecified atom stereocenters. The Balaban J connectivity index is 1.44. The van der Waals surface area contributed by atoms with Gasteiger partial charge >= 0.3 is 5.97 Å². The summed E-state index contributed by atoms with van der Waals surface area (Å²) in [5.41, 5.74) is 7.21. The average Bonchev–Trinajstić information content (AvgIpc) is 3.53. The summed E-state index contributed by atoms with van der Waals surface area (Å²) in [4.78, 5) is 19.5. The Bertz CT molecular complexity index is 1800. The maximum atomic E-state index is 12.7. The van der Waals surface area contributed by atoms with Gasteiger partial charge < -0.3 is 24.3 Å². The number of hydrogen-bond donors (Lipinski definition) is 1. The second-order valence-electron chi connectivity index (χ2n) is 10.5. The first kappa shape index (κ1) is 28.2. The highest BCUT2D eigenvalue weighted by molar-refractivity contribution is 7.80. The fourth-order valence-electron chi connectivity index (χ4n) is 5.83. The summed E-state index contributed by atoms with van der Waals surface area (Å²) in [6.45, 7) is 6.15. The van der Waals surface area contributed by atoms with Crippen molar-refractivity contribution in [2.45, 2.75) is 32.9 Å². The fraction of sp³-hybridized carbons (Fsp3) is 0.171. The molecule has 2 aromatic heterocycles. The van der Waals surface area contributed by atoms with E-state index in [-0.39, 0.29) is 18.1 Å². The van der Waals surface area contributed by atoms with Crippen LogP contribution in [0.15, 0.2) is 103 Å². The molecule has 43 heavy (non-hydrogen) atoms. The third-order valence-corrected chi connectivity index (χ3v) is 8.19. The monoisotopic (exact) mass is 588 g/mol. The maximum absolute atomic E-state index is 12.7. The van der Waals surface area contributed by atoms with Crippen molar-refractivity contribution in [2.24, 2.45) is 0 Å². The number of nitrogens with one attached hydrogen (secondary N) is 1. The van der Waals surface area contributed by atoms with Gasteiger partial charge in [0.05, 0.1) is 36.1 Å². The van der Waals surface area contributed by atoms with E-state index in [4.69, 9.17) is 26.7 Å². The molecule has 0 amide bonds. The van der Waals surface area contributed by atoms with E-state index in [0.29, 0.717) is 10.7 Å². The number of ether oxygens (including phenoxy) is 2. The molecular weight excluding hydrogens is 556 g/mol. The quantitative estimate of drug-likeness (QED) is 0.155. The van der Waals surface area contributed by atoms with Gasteiger partial charge in [-0.1, -0.05) is 36.4 Å². The van der Waals surface area contributed by atoms with Crippen LogP contribution in [0.1, 0.15) is 50.7 Å². The lowest BCUT2D eigenvalue weighted by molar-refractivity contribution is 0.0600. The Morgan fingerprint density at radius 2 is 1.63 bits per heavy atom. The summed E-state index contributed by atoms with van der Waals surface area (Å²) in [5, 5.41) is 4.15. The standard InChI is InChI=1S/C35H32N4O3S/c1-22-11-5-8-15-31(22)42-26-18-16-25(17-19-26)39-33(32(37-35(39)43)29-13-9-10-20-36-29)28-21-23(2)38(24(28)3)30-14-7-6-12-27(30)34(40)41-4/h5-21,32-33H,1-4H3,(H,37,43)/t32-,33+/m1/s1. The summed E-state index contributed by atoms with van der Waals surface area (Å²) < 4.78 is 13.4. The molecule has 6 rings (SSSR count). The van der Waals surface area contributed by atoms with Crippen molar-refractivity contribution >= 4 is 29.0 Å². The zero-order valence-electron chi connectivity index (χ0n) is 24.4. The number of esters is 1. The van der Waals surface area contributed by atoms with Gasteiger partial charge in [-0.25, -0.2) is 4.79 Å². The molecule has 5 aromatic rings. The molecule has 0 bridgehead atoms. The number of rotatable bonds is 7. The van der Waals surface area contributed by atoms with Gasteiger partial charge in [-0.2, -0.15) is 0 Å². The molecule has 1 fully saturated rings. The van der Waals surface area contributed by atoms with Crippen molar-refractivity contribution in [3.05, 3.63) is 137 Å². The van der Waals surface area contributed by atoms with E-state index in [2.05, 4.69) is 27.8 Å². The Kier molecular flexibility index (Phi) is 7.69. The highest BCUT2D eigenvalue weighted by atomic mass is 32.1. The van der Waals surface area contributed by atoms with Crippen LogP contribution < -0.4 is 15.0 Å². The third kappa shape index (κ3) is 5.26. The highest BCUT2D eigenvalue weighted by Crippen LogP contribution is 2.44. The lowest BCUT2D eigenvalue weighted by Crippen LogP contribution is -2.29. The van der Waals surface area contributed by atoms with Crippen LogP contribution in [-0.4, -0.2) is 27.7 Å². The van der Waals surface area contributed by atoms with Crippen molar-refractivity contribution in [1.29, 1.82) is 0 Å². The van der Waals surface area contributed by atoms with Crippen molar-refractivity contribution in [3.8, 4) is 17.2 Å². The zero-order chi connectivity index (χ0) is 30.1. The van der Waals surface area contributed by atoms with E-state index < -0.39 is 0 Å². The highest BCUT2D eigenvalue weighted by Gasteiger charge is 2.42. The minimum atomic E-state index is -0.380. The van der Waals surface area contributed by atoms with Crippen LogP contribution >= 0.6 is 12.2 Å². The molecule has 216 valence electrons. The molecule has 1 N–H and O–H groups in total. The van der Waals surface area contributed by atoms with Gasteiger partial charge in [0.15, 0.2) is 5.11 Å². The summed E-state index contributed by atoms with van der Waals surface area (Å²) >= 11 is 5.97. The number of anilines is 1. The average molecular weight is 589 g/mol. The largest absolute Gasteiger partial charge is 0.465 e. The fourth-order valence-corrected chi connectivity index (χ4v) is 6.18. The molecule has 3 heterocycles. The maximum Gasteiger partial charge on any atom is 0.339 e. The molecule has 7 nitrogen and oxygen atoms in total. The number of methoxy groups -OCH3 is 1. The number of aryl methyl sites for hydroxylation is 2. The summed E-state index contributed by atoms with van der Waals surface area (Å²) in [6, 6.07) is 31.1. The van der Waals surface area contributed by atoms with Crippen molar-refractivity contribution in [2.75, 3.05) is 12.0 Å². The van der Waals surface area contributed by atoms with Gasteiger partial charge in [0.1, 0.15) is 11.5 Å². The molecular formula is C35H32N4O3S. The zero-order valence-corrected chi connectivity index (χ0v) is 25.3. The molecule has 0 spiro atoms. The number of thiocarbonyl (C=S) groups is 1. The smallest absolute Gasteiger partial charge is 0.339 e. The molecule has 1 aliphatic rings. The minimum absolute atomic E-state index is 0.207. The van der Waals surface area contributed by atoms with Gasteiger partial charge in [0.2, 0.25) is 0 Å². The Morgan fingerprint density at radius 3 is 2.35 bits per heavy atom. The van der Waals surface area contributed by atoms with Crippen LogP contribution in [0, 0.1) is 20.8 Å². The predicted octanol–water partition coefficient (Wildman–Crippen LogP) is 7.55. The number of carbonyl (C=O) groups is 1. The number of carbonyl (C=O) groups excluding carboxylic acids is 1. The van der Waals surface area contributed by atoms with Gasteiger partial charge in [-0.15, -0.1) is 0 Å². The second kappa shape index (κ2) is 11.7. The van der Waals surface area contributed by atoms with Crippen molar-refractivity contribution in [1.82, 2.24) is 14.9 Å². The topological polar surface area (TPSA) is 68.6 Å². The lowest BCUT2D eigenvalue weighted by Gasteiger charge is -2.28. The van der Waals surface area contributed by atoms with E-state index >= 15 is 0 Å². The van der Waals surface area contributed by atoms with Crippen LogP contribution in [0.3, 0.4) is 0 Å².